The zero-order valence-corrected chi connectivity index (χ0v) is 15.9. The quantitative estimate of drug-likeness (QED) is 0.532. The van der Waals surface area contributed by atoms with E-state index in [1.165, 1.54) is 37.5 Å². The summed E-state index contributed by atoms with van der Waals surface area (Å²) in [4.78, 5) is 26.5. The number of carbonyl (C=O) groups excluding carboxylic acids is 2. The Morgan fingerprint density at radius 2 is 1.89 bits per heavy atom. The van der Waals surface area contributed by atoms with Crippen LogP contribution in [0.2, 0.25) is 10.0 Å². The van der Waals surface area contributed by atoms with E-state index in [9.17, 15) is 14.0 Å². The third kappa shape index (κ3) is 3.48. The molecule has 0 aliphatic carbocycles. The van der Waals surface area contributed by atoms with E-state index < -0.39 is 17.7 Å². The van der Waals surface area contributed by atoms with Gasteiger partial charge in [-0.2, -0.15) is 0 Å². The lowest BCUT2D eigenvalue weighted by Gasteiger charge is -2.18. The third-order valence-electron chi connectivity index (χ3n) is 4.15. The van der Waals surface area contributed by atoms with Crippen LogP contribution in [0.3, 0.4) is 0 Å². The number of carbonyl (C=O) groups is 2. The topological polar surface area (TPSA) is 46.6 Å². The zero-order chi connectivity index (χ0) is 19.7. The minimum Gasteiger partial charge on any atom is -0.465 e. The van der Waals surface area contributed by atoms with E-state index in [-0.39, 0.29) is 22.5 Å². The fourth-order valence-electron chi connectivity index (χ4n) is 2.88. The van der Waals surface area contributed by atoms with Gasteiger partial charge in [0, 0.05) is 15.7 Å². The molecule has 0 fully saturated rings. The Balaban J connectivity index is 2.19. The van der Waals surface area contributed by atoms with Crippen molar-refractivity contribution in [1.82, 2.24) is 0 Å². The number of ether oxygens (including phenoxy) is 1. The fourth-order valence-corrected chi connectivity index (χ4v) is 3.34. The number of hydrogen-bond donors (Lipinski definition) is 0. The molecule has 1 amide bonds. The van der Waals surface area contributed by atoms with Gasteiger partial charge < -0.3 is 4.74 Å². The Hall–Kier alpha value is -2.63. The van der Waals surface area contributed by atoms with E-state index in [2.05, 4.69) is 0 Å². The van der Waals surface area contributed by atoms with E-state index in [1.54, 1.807) is 25.1 Å². The number of halogens is 3. The number of anilines is 1. The molecule has 0 atom stereocenters. The minimum absolute atomic E-state index is 0.0482. The lowest BCUT2D eigenvalue weighted by molar-refractivity contribution is -0.136. The first-order valence-electron chi connectivity index (χ1n) is 7.90. The molecule has 138 valence electrons. The highest BCUT2D eigenvalue weighted by molar-refractivity contribution is 6.36. The Morgan fingerprint density at radius 3 is 2.52 bits per heavy atom. The second kappa shape index (κ2) is 7.55. The Morgan fingerprint density at radius 1 is 1.19 bits per heavy atom. The number of para-hydroxylation sites is 1. The fraction of sp³-hybridized carbons (Fsp3) is 0.100. The van der Waals surface area contributed by atoms with Crippen molar-refractivity contribution in [1.29, 1.82) is 0 Å². The average Bonchev–Trinajstić information content (AvgIpc) is 2.87. The van der Waals surface area contributed by atoms with Gasteiger partial charge in [-0.15, -0.1) is 0 Å². The van der Waals surface area contributed by atoms with E-state index in [1.807, 2.05) is 0 Å². The van der Waals surface area contributed by atoms with E-state index >= 15 is 0 Å². The van der Waals surface area contributed by atoms with Crippen molar-refractivity contribution < 1.29 is 18.7 Å². The van der Waals surface area contributed by atoms with Crippen molar-refractivity contribution in [3.05, 3.63) is 80.7 Å². The minimum atomic E-state index is -0.698. The molecule has 2 aromatic rings. The summed E-state index contributed by atoms with van der Waals surface area (Å²) >= 11 is 12.1. The zero-order valence-electron chi connectivity index (χ0n) is 14.4. The van der Waals surface area contributed by atoms with E-state index in [0.717, 1.165) is 4.90 Å². The number of nitrogens with zero attached hydrogens (tertiary/aromatic N) is 1. The summed E-state index contributed by atoms with van der Waals surface area (Å²) in [7, 11) is 1.21. The van der Waals surface area contributed by atoms with E-state index in [4.69, 9.17) is 27.9 Å². The molecule has 4 nitrogen and oxygen atoms in total. The second-order valence-corrected chi connectivity index (χ2v) is 6.61. The molecule has 0 unspecified atom stereocenters. The predicted octanol–water partition coefficient (Wildman–Crippen LogP) is 5.01. The SMILES string of the molecule is COC(=O)C1=C(C)N(c2ccccc2F)C(=O)/C1=C/c1ccc(Cl)cc1Cl. The number of allylic oxidation sites excluding steroid dienone is 1. The van der Waals surface area contributed by atoms with Crippen molar-refractivity contribution in [2.75, 3.05) is 12.0 Å². The number of benzene rings is 2. The van der Waals surface area contributed by atoms with Crippen LogP contribution in [0.5, 0.6) is 0 Å². The summed E-state index contributed by atoms with van der Waals surface area (Å²) in [6.45, 7) is 1.56. The predicted molar refractivity (Wildman–Crippen MR) is 103 cm³/mol. The molecule has 0 aromatic heterocycles. The van der Waals surface area contributed by atoms with Gasteiger partial charge in [0.2, 0.25) is 0 Å². The lowest BCUT2D eigenvalue weighted by atomic mass is 10.0. The Kier molecular flexibility index (Phi) is 5.35. The lowest BCUT2D eigenvalue weighted by Crippen LogP contribution is -2.25. The number of esters is 1. The van der Waals surface area contributed by atoms with Crippen LogP contribution in [0.1, 0.15) is 12.5 Å². The standard InChI is InChI=1S/C20H14Cl2FNO3/c1-11-18(20(26)27-2)14(9-12-7-8-13(21)10-15(12)22)19(25)24(11)17-6-4-3-5-16(17)23/h3-10H,1-2H3/b14-9+. The first-order valence-corrected chi connectivity index (χ1v) is 8.66. The maximum Gasteiger partial charge on any atom is 0.340 e. The maximum absolute atomic E-state index is 14.3. The summed E-state index contributed by atoms with van der Waals surface area (Å²) in [6.07, 6.45) is 1.47. The summed E-state index contributed by atoms with van der Waals surface area (Å²) in [5, 5.41) is 0.752. The van der Waals surface area contributed by atoms with Crippen LogP contribution >= 0.6 is 23.2 Å². The Labute approximate surface area is 165 Å². The smallest absolute Gasteiger partial charge is 0.340 e. The molecule has 27 heavy (non-hydrogen) atoms. The largest absolute Gasteiger partial charge is 0.465 e. The summed E-state index contributed by atoms with van der Waals surface area (Å²) in [5.74, 6) is -1.83. The van der Waals surface area contributed by atoms with Gasteiger partial charge in [0.25, 0.3) is 5.91 Å². The van der Waals surface area contributed by atoms with Crippen molar-refractivity contribution in [3.8, 4) is 0 Å². The third-order valence-corrected chi connectivity index (χ3v) is 4.71. The molecule has 0 spiro atoms. The second-order valence-electron chi connectivity index (χ2n) is 5.77. The van der Waals surface area contributed by atoms with Crippen molar-refractivity contribution >= 4 is 46.8 Å². The van der Waals surface area contributed by atoms with Gasteiger partial charge >= 0.3 is 5.97 Å². The maximum atomic E-state index is 14.3. The van der Waals surface area contributed by atoms with Gasteiger partial charge in [-0.3, -0.25) is 9.69 Å². The van der Waals surface area contributed by atoms with Crippen LogP contribution in [-0.2, 0) is 14.3 Å². The molecule has 1 heterocycles. The van der Waals surface area contributed by atoms with Gasteiger partial charge in [0.15, 0.2) is 0 Å². The highest BCUT2D eigenvalue weighted by atomic mass is 35.5. The van der Waals surface area contributed by atoms with Crippen LogP contribution in [0.25, 0.3) is 6.08 Å². The average molecular weight is 406 g/mol. The molecule has 2 aromatic carbocycles. The van der Waals surface area contributed by atoms with Gasteiger partial charge in [0.05, 0.1) is 23.9 Å². The number of rotatable bonds is 3. The molecule has 0 bridgehead atoms. The molecule has 0 N–H and O–H groups in total. The molecule has 0 radical (unpaired) electrons. The first-order chi connectivity index (χ1) is 12.8. The molecule has 1 aliphatic heterocycles. The molecule has 7 heteroatoms. The molecule has 3 rings (SSSR count). The van der Waals surface area contributed by atoms with Crippen LogP contribution in [0, 0.1) is 5.82 Å². The monoisotopic (exact) mass is 405 g/mol. The number of amides is 1. The van der Waals surface area contributed by atoms with Crippen molar-refractivity contribution in [2.24, 2.45) is 0 Å². The molecule has 0 saturated heterocycles. The normalized spacial score (nSPS) is 15.7. The van der Waals surface area contributed by atoms with Crippen molar-refractivity contribution in [3.63, 3.8) is 0 Å². The van der Waals surface area contributed by atoms with Gasteiger partial charge in [-0.05, 0) is 42.8 Å². The summed E-state index contributed by atoms with van der Waals surface area (Å²) in [5.41, 5.74) is 0.929. The van der Waals surface area contributed by atoms with Crippen LogP contribution in [0.15, 0.2) is 59.3 Å². The van der Waals surface area contributed by atoms with Gasteiger partial charge in [-0.1, -0.05) is 41.4 Å². The Bertz CT molecular complexity index is 1010. The van der Waals surface area contributed by atoms with Crippen molar-refractivity contribution in [2.45, 2.75) is 6.92 Å². The molecular weight excluding hydrogens is 392 g/mol. The molecule has 1 aliphatic rings. The molecular formula is C20H14Cl2FNO3. The van der Waals surface area contributed by atoms with Gasteiger partial charge in [0.1, 0.15) is 5.82 Å². The summed E-state index contributed by atoms with van der Waals surface area (Å²) in [6, 6.07) is 10.6. The number of hydrogen-bond acceptors (Lipinski definition) is 3. The number of methoxy groups -OCH3 is 1. The van der Waals surface area contributed by atoms with Gasteiger partial charge in [-0.25, -0.2) is 9.18 Å². The van der Waals surface area contributed by atoms with E-state index in [0.29, 0.717) is 15.6 Å². The first kappa shape index (κ1) is 19.1. The highest BCUT2D eigenvalue weighted by Crippen LogP contribution is 2.37. The van der Waals surface area contributed by atoms with Crippen LogP contribution < -0.4 is 4.90 Å². The highest BCUT2D eigenvalue weighted by Gasteiger charge is 2.38. The molecule has 0 saturated carbocycles. The van der Waals surface area contributed by atoms with Crippen LogP contribution in [-0.4, -0.2) is 19.0 Å². The summed E-state index contributed by atoms with van der Waals surface area (Å²) < 4.78 is 19.1. The van der Waals surface area contributed by atoms with Crippen LogP contribution in [0.4, 0.5) is 10.1 Å².